The summed E-state index contributed by atoms with van der Waals surface area (Å²) in [7, 11) is -2.01. The third-order valence-corrected chi connectivity index (χ3v) is 10.5. The Morgan fingerprint density at radius 1 is 1.13 bits per heavy atom. The highest BCUT2D eigenvalue weighted by atomic mass is 35.5. The number of fused-ring (bicyclic) bond motifs is 1. The zero-order valence-electron chi connectivity index (χ0n) is 21.9. The number of aromatic nitrogens is 1. The molecule has 12 heteroatoms. The maximum atomic E-state index is 13.9. The predicted octanol–water partition coefficient (Wildman–Crippen LogP) is 4.11. The first-order valence-electron chi connectivity index (χ1n) is 13.2. The summed E-state index contributed by atoms with van der Waals surface area (Å²) < 4.78 is 39.5. The summed E-state index contributed by atoms with van der Waals surface area (Å²) in [6.07, 6.45) is 1.74. The zero-order valence-corrected chi connectivity index (χ0v) is 24.3. The van der Waals surface area contributed by atoms with Crippen LogP contribution in [0.1, 0.15) is 19.3 Å². The van der Waals surface area contributed by atoms with Crippen molar-refractivity contribution in [3.05, 3.63) is 47.5 Å². The van der Waals surface area contributed by atoms with Crippen LogP contribution in [0, 0.1) is 5.92 Å². The summed E-state index contributed by atoms with van der Waals surface area (Å²) >= 11 is 7.41. The number of rotatable bonds is 9. The van der Waals surface area contributed by atoms with Crippen molar-refractivity contribution in [3.8, 4) is 5.75 Å². The normalized spacial score (nSPS) is 17.9. The van der Waals surface area contributed by atoms with E-state index in [1.807, 2.05) is 23.1 Å². The van der Waals surface area contributed by atoms with Crippen LogP contribution in [0.5, 0.6) is 5.75 Å². The van der Waals surface area contributed by atoms with Crippen LogP contribution in [0.4, 0.5) is 5.13 Å². The van der Waals surface area contributed by atoms with Gasteiger partial charge in [0.2, 0.25) is 15.9 Å². The molecule has 1 aromatic heterocycles. The topological polar surface area (TPSA) is 92.3 Å². The molecule has 2 fully saturated rings. The first-order valence-corrected chi connectivity index (χ1v) is 15.8. The second-order valence-corrected chi connectivity index (χ2v) is 13.1. The van der Waals surface area contributed by atoms with Gasteiger partial charge in [-0.1, -0.05) is 22.9 Å². The zero-order chi connectivity index (χ0) is 27.4. The second-order valence-electron chi connectivity index (χ2n) is 9.76. The molecular formula is C27H33ClN4O5S2. The molecule has 0 atom stereocenters. The standard InChI is InChI=1S/C27H33ClN4O5S2/c1-36-22-5-8-24-25(19-22)38-27(29-24)32(12-2-11-30-15-17-37-18-16-30)26(33)20-9-13-31(14-10-20)39(34,35)23-6-3-21(28)4-7-23/h3-8,19-20H,2,9-18H2,1H3. The van der Waals surface area contributed by atoms with Crippen molar-refractivity contribution in [2.75, 3.05) is 64.5 Å². The summed E-state index contributed by atoms with van der Waals surface area (Å²) in [4.78, 5) is 23.1. The van der Waals surface area contributed by atoms with Gasteiger partial charge in [0, 0.05) is 50.2 Å². The molecule has 210 valence electrons. The first kappa shape index (κ1) is 28.3. The summed E-state index contributed by atoms with van der Waals surface area (Å²) in [6, 6.07) is 11.9. The summed E-state index contributed by atoms with van der Waals surface area (Å²) in [5.74, 6) is 0.482. The Kier molecular flexibility index (Phi) is 9.05. The van der Waals surface area contributed by atoms with Gasteiger partial charge in [0.1, 0.15) is 5.75 Å². The number of methoxy groups -OCH3 is 1. The number of carbonyl (C=O) groups excluding carboxylic acids is 1. The number of hydrogen-bond donors (Lipinski definition) is 0. The Balaban J connectivity index is 1.30. The number of amides is 1. The Morgan fingerprint density at radius 3 is 2.54 bits per heavy atom. The molecule has 0 saturated carbocycles. The summed E-state index contributed by atoms with van der Waals surface area (Å²) in [6.45, 7) is 5.28. The van der Waals surface area contributed by atoms with E-state index in [1.54, 1.807) is 19.2 Å². The Morgan fingerprint density at radius 2 is 1.85 bits per heavy atom. The van der Waals surface area contributed by atoms with E-state index >= 15 is 0 Å². The van der Waals surface area contributed by atoms with Gasteiger partial charge in [-0.3, -0.25) is 14.6 Å². The summed E-state index contributed by atoms with van der Waals surface area (Å²) in [5, 5.41) is 1.15. The maximum Gasteiger partial charge on any atom is 0.243 e. The minimum absolute atomic E-state index is 0.00606. The van der Waals surface area contributed by atoms with Crippen LogP contribution in [0.15, 0.2) is 47.4 Å². The van der Waals surface area contributed by atoms with Gasteiger partial charge in [-0.15, -0.1) is 0 Å². The molecule has 0 spiro atoms. The van der Waals surface area contributed by atoms with Crippen LogP contribution < -0.4 is 9.64 Å². The van der Waals surface area contributed by atoms with E-state index in [2.05, 4.69) is 4.90 Å². The molecule has 3 heterocycles. The number of ether oxygens (including phenoxy) is 2. The third-order valence-electron chi connectivity index (χ3n) is 7.30. The van der Waals surface area contributed by atoms with Gasteiger partial charge in [-0.25, -0.2) is 13.4 Å². The van der Waals surface area contributed by atoms with Crippen LogP contribution in [-0.2, 0) is 19.6 Å². The van der Waals surface area contributed by atoms with Crippen molar-refractivity contribution in [2.45, 2.75) is 24.2 Å². The van der Waals surface area contributed by atoms with E-state index in [1.165, 1.54) is 27.8 Å². The van der Waals surface area contributed by atoms with Gasteiger partial charge < -0.3 is 9.47 Å². The Hall–Kier alpha value is -2.28. The molecule has 0 aliphatic carbocycles. The number of nitrogens with zero attached hydrogens (tertiary/aromatic N) is 4. The number of hydrogen-bond acceptors (Lipinski definition) is 8. The fraction of sp³-hybridized carbons (Fsp3) is 0.481. The Bertz CT molecular complexity index is 1380. The molecule has 2 saturated heterocycles. The molecule has 0 radical (unpaired) electrons. The van der Waals surface area contributed by atoms with E-state index in [-0.39, 0.29) is 16.7 Å². The Labute approximate surface area is 238 Å². The molecule has 1 amide bonds. The molecule has 0 N–H and O–H groups in total. The van der Waals surface area contributed by atoms with Crippen molar-refractivity contribution < 1.29 is 22.7 Å². The molecule has 2 aliphatic heterocycles. The lowest BCUT2D eigenvalue weighted by Crippen LogP contribution is -2.45. The molecular weight excluding hydrogens is 560 g/mol. The summed E-state index contributed by atoms with van der Waals surface area (Å²) in [5.41, 5.74) is 0.825. The van der Waals surface area contributed by atoms with Crippen molar-refractivity contribution >= 4 is 54.2 Å². The molecule has 3 aromatic rings. The number of carbonyl (C=O) groups is 1. The van der Waals surface area contributed by atoms with E-state index in [9.17, 15) is 13.2 Å². The van der Waals surface area contributed by atoms with E-state index < -0.39 is 10.0 Å². The van der Waals surface area contributed by atoms with Crippen molar-refractivity contribution in [2.24, 2.45) is 5.92 Å². The fourth-order valence-electron chi connectivity index (χ4n) is 5.03. The van der Waals surface area contributed by atoms with Gasteiger partial charge in [0.25, 0.3) is 0 Å². The minimum atomic E-state index is -3.64. The average molecular weight is 593 g/mol. The minimum Gasteiger partial charge on any atom is -0.497 e. The molecule has 0 unspecified atom stereocenters. The van der Waals surface area contributed by atoms with Crippen molar-refractivity contribution in [3.63, 3.8) is 0 Å². The number of piperidine rings is 1. The lowest BCUT2D eigenvalue weighted by Gasteiger charge is -2.33. The molecule has 2 aromatic carbocycles. The van der Waals surface area contributed by atoms with Crippen LogP contribution in [0.3, 0.4) is 0 Å². The van der Waals surface area contributed by atoms with Gasteiger partial charge >= 0.3 is 0 Å². The van der Waals surface area contributed by atoms with Crippen LogP contribution in [0.25, 0.3) is 10.2 Å². The predicted molar refractivity (Wildman–Crippen MR) is 153 cm³/mol. The quantitative estimate of drug-likeness (QED) is 0.369. The largest absolute Gasteiger partial charge is 0.497 e. The number of thiazole rings is 1. The van der Waals surface area contributed by atoms with Gasteiger partial charge in [0.15, 0.2) is 5.13 Å². The number of anilines is 1. The smallest absolute Gasteiger partial charge is 0.243 e. The van der Waals surface area contributed by atoms with Gasteiger partial charge in [0.05, 0.1) is 35.4 Å². The van der Waals surface area contributed by atoms with Gasteiger partial charge in [-0.05, 0) is 61.7 Å². The van der Waals surface area contributed by atoms with E-state index in [0.717, 1.165) is 55.2 Å². The molecule has 0 bridgehead atoms. The SMILES string of the molecule is COc1ccc2nc(N(CCCN3CCOCC3)C(=O)C3CCN(S(=O)(=O)c4ccc(Cl)cc4)CC3)sc2c1. The van der Waals surface area contributed by atoms with Crippen LogP contribution in [-0.4, -0.2) is 88.1 Å². The molecule has 2 aliphatic rings. The van der Waals surface area contributed by atoms with E-state index in [0.29, 0.717) is 42.6 Å². The second kappa shape index (κ2) is 12.5. The highest BCUT2D eigenvalue weighted by Gasteiger charge is 2.35. The maximum absolute atomic E-state index is 13.9. The van der Waals surface area contributed by atoms with Crippen molar-refractivity contribution in [1.82, 2.24) is 14.2 Å². The highest BCUT2D eigenvalue weighted by molar-refractivity contribution is 7.89. The van der Waals surface area contributed by atoms with Crippen LogP contribution in [0.2, 0.25) is 5.02 Å². The number of sulfonamides is 1. The lowest BCUT2D eigenvalue weighted by atomic mass is 9.96. The number of halogens is 1. The van der Waals surface area contributed by atoms with E-state index in [4.69, 9.17) is 26.1 Å². The average Bonchev–Trinajstić information content (AvgIpc) is 3.39. The van der Waals surface area contributed by atoms with Crippen LogP contribution >= 0.6 is 22.9 Å². The number of morpholine rings is 1. The van der Waals surface area contributed by atoms with Crippen molar-refractivity contribution in [1.29, 1.82) is 0 Å². The molecule has 39 heavy (non-hydrogen) atoms. The molecule has 5 rings (SSSR count). The monoisotopic (exact) mass is 592 g/mol. The van der Waals surface area contributed by atoms with Gasteiger partial charge in [-0.2, -0.15) is 4.31 Å². The number of benzene rings is 2. The highest BCUT2D eigenvalue weighted by Crippen LogP contribution is 2.34. The first-order chi connectivity index (χ1) is 18.8. The fourth-order valence-corrected chi connectivity index (χ4v) is 7.65. The molecule has 9 nitrogen and oxygen atoms in total. The lowest BCUT2D eigenvalue weighted by molar-refractivity contribution is -0.123. The third kappa shape index (κ3) is 6.55.